The van der Waals surface area contributed by atoms with E-state index >= 15 is 0 Å². The average Bonchev–Trinajstić information content (AvgIpc) is 2.77. The van der Waals surface area contributed by atoms with Crippen molar-refractivity contribution in [2.75, 3.05) is 27.2 Å². The number of hydrogen-bond donors (Lipinski definition) is 1. The van der Waals surface area contributed by atoms with Crippen molar-refractivity contribution in [1.29, 1.82) is 0 Å². The summed E-state index contributed by atoms with van der Waals surface area (Å²) in [6.45, 7) is 0.960. The van der Waals surface area contributed by atoms with E-state index in [2.05, 4.69) is 24.3 Å². The van der Waals surface area contributed by atoms with E-state index in [-0.39, 0.29) is 24.7 Å². The highest BCUT2D eigenvalue weighted by Gasteiger charge is 2.44. The first-order valence-electron chi connectivity index (χ1n) is 10.7. The Hall–Kier alpha value is -3.15. The molecule has 0 aromatic heterocycles. The maximum atomic E-state index is 13.3. The number of likely N-dealkylation sites (tertiary alicyclic amines) is 1. The highest BCUT2D eigenvalue weighted by Crippen LogP contribution is 2.36. The second-order valence-corrected chi connectivity index (χ2v) is 8.61. The molecule has 3 rings (SSSR count). The van der Waals surface area contributed by atoms with Gasteiger partial charge in [-0.2, -0.15) is 0 Å². The van der Waals surface area contributed by atoms with Gasteiger partial charge in [-0.15, -0.1) is 0 Å². The number of rotatable bonds is 7. The van der Waals surface area contributed by atoms with E-state index in [1.54, 1.807) is 23.9 Å². The summed E-state index contributed by atoms with van der Waals surface area (Å²) >= 11 is 0. The molecule has 6 heteroatoms. The normalized spacial score (nSPS) is 18.5. The molecule has 1 saturated heterocycles. The van der Waals surface area contributed by atoms with E-state index in [4.69, 9.17) is 5.73 Å². The average molecular weight is 422 g/mol. The summed E-state index contributed by atoms with van der Waals surface area (Å²) in [5.41, 5.74) is 7.83. The van der Waals surface area contributed by atoms with Crippen LogP contribution >= 0.6 is 0 Å². The Morgan fingerprint density at radius 1 is 1.00 bits per heavy atom. The van der Waals surface area contributed by atoms with Gasteiger partial charge in [0.25, 0.3) is 0 Å². The van der Waals surface area contributed by atoms with Gasteiger partial charge < -0.3 is 15.5 Å². The zero-order valence-corrected chi connectivity index (χ0v) is 18.3. The second-order valence-electron chi connectivity index (χ2n) is 8.61. The Bertz CT molecular complexity index is 942. The van der Waals surface area contributed by atoms with E-state index in [9.17, 15) is 14.4 Å². The van der Waals surface area contributed by atoms with Crippen LogP contribution in [0, 0.1) is 5.41 Å². The van der Waals surface area contributed by atoms with Gasteiger partial charge in [-0.1, -0.05) is 54.6 Å². The molecule has 2 aromatic rings. The van der Waals surface area contributed by atoms with Crippen molar-refractivity contribution in [2.45, 2.75) is 32.1 Å². The summed E-state index contributed by atoms with van der Waals surface area (Å²) in [6.07, 6.45) is 2.15. The van der Waals surface area contributed by atoms with Crippen LogP contribution < -0.4 is 5.73 Å². The molecule has 1 heterocycles. The van der Waals surface area contributed by atoms with Crippen LogP contribution in [-0.2, 0) is 20.8 Å². The summed E-state index contributed by atoms with van der Waals surface area (Å²) in [7, 11) is 3.52. The van der Waals surface area contributed by atoms with Gasteiger partial charge in [-0.05, 0) is 36.0 Å². The summed E-state index contributed by atoms with van der Waals surface area (Å²) in [5, 5.41) is 0. The van der Waals surface area contributed by atoms with Crippen LogP contribution in [0.5, 0.6) is 0 Å². The van der Waals surface area contributed by atoms with Crippen LogP contribution in [0.2, 0.25) is 0 Å². The molecular formula is C25H31N3O3. The number of carbonyl (C=O) groups excluding carboxylic acids is 3. The monoisotopic (exact) mass is 421 g/mol. The van der Waals surface area contributed by atoms with Gasteiger partial charge >= 0.3 is 0 Å². The maximum Gasteiger partial charge on any atom is 0.230 e. The molecule has 1 aliphatic rings. The maximum absolute atomic E-state index is 13.3. The number of piperidine rings is 1. The molecule has 0 saturated carbocycles. The van der Waals surface area contributed by atoms with Gasteiger partial charge in [0.05, 0.1) is 5.41 Å². The molecule has 1 aliphatic heterocycles. The smallest absolute Gasteiger partial charge is 0.230 e. The van der Waals surface area contributed by atoms with Gasteiger partial charge in [0.15, 0.2) is 0 Å². The molecule has 0 aliphatic carbocycles. The zero-order valence-electron chi connectivity index (χ0n) is 18.3. The Balaban J connectivity index is 1.87. The molecule has 1 unspecified atom stereocenters. The number of nitrogens with zero attached hydrogens (tertiary/aromatic N) is 2. The molecule has 1 fully saturated rings. The summed E-state index contributed by atoms with van der Waals surface area (Å²) in [6, 6.07) is 18.4. The third kappa shape index (κ3) is 5.51. The second kappa shape index (κ2) is 9.77. The lowest BCUT2D eigenvalue weighted by Crippen LogP contribution is -2.54. The van der Waals surface area contributed by atoms with Crippen molar-refractivity contribution in [2.24, 2.45) is 11.1 Å². The number of carbonyl (C=O) groups is 3. The van der Waals surface area contributed by atoms with Crippen LogP contribution in [0.1, 0.15) is 31.2 Å². The van der Waals surface area contributed by atoms with Crippen LogP contribution in [0.4, 0.5) is 0 Å². The Morgan fingerprint density at radius 2 is 1.71 bits per heavy atom. The van der Waals surface area contributed by atoms with Crippen LogP contribution in [-0.4, -0.2) is 54.7 Å². The molecule has 3 amide bonds. The lowest BCUT2D eigenvalue weighted by atomic mass is 9.73. The molecule has 164 valence electrons. The van der Waals surface area contributed by atoms with E-state index in [0.29, 0.717) is 19.5 Å². The van der Waals surface area contributed by atoms with Crippen molar-refractivity contribution in [3.8, 4) is 11.1 Å². The summed E-state index contributed by atoms with van der Waals surface area (Å²) in [4.78, 5) is 40.4. The fourth-order valence-electron chi connectivity index (χ4n) is 4.48. The minimum absolute atomic E-state index is 0.0308. The predicted molar refractivity (Wildman–Crippen MR) is 121 cm³/mol. The third-order valence-electron chi connectivity index (χ3n) is 5.95. The van der Waals surface area contributed by atoms with Crippen molar-refractivity contribution in [3.05, 3.63) is 60.2 Å². The first kappa shape index (κ1) is 22.5. The van der Waals surface area contributed by atoms with Crippen LogP contribution in [0.25, 0.3) is 11.1 Å². The van der Waals surface area contributed by atoms with E-state index in [1.165, 1.54) is 0 Å². The molecule has 0 bridgehead atoms. The SMILES string of the molecule is CN(C)C(=O)C1(Cc2cccc(-c3ccccc3)c2)CCCN(C(=O)CCC(N)=O)C1. The van der Waals surface area contributed by atoms with Gasteiger partial charge in [0.2, 0.25) is 17.7 Å². The van der Waals surface area contributed by atoms with Crippen molar-refractivity contribution in [1.82, 2.24) is 9.80 Å². The lowest BCUT2D eigenvalue weighted by Gasteiger charge is -2.43. The summed E-state index contributed by atoms with van der Waals surface area (Å²) < 4.78 is 0. The molecule has 2 N–H and O–H groups in total. The fourth-order valence-corrected chi connectivity index (χ4v) is 4.48. The number of primary amides is 1. The Morgan fingerprint density at radius 3 is 2.39 bits per heavy atom. The van der Waals surface area contributed by atoms with Gasteiger partial charge in [-0.25, -0.2) is 0 Å². The van der Waals surface area contributed by atoms with E-state index in [0.717, 1.165) is 29.5 Å². The lowest BCUT2D eigenvalue weighted by molar-refractivity contribution is -0.147. The highest BCUT2D eigenvalue weighted by atomic mass is 16.2. The number of benzene rings is 2. The molecule has 2 aromatic carbocycles. The molecule has 0 spiro atoms. The number of amides is 3. The first-order chi connectivity index (χ1) is 14.8. The van der Waals surface area contributed by atoms with E-state index < -0.39 is 11.3 Å². The Labute approximate surface area is 184 Å². The van der Waals surface area contributed by atoms with Crippen LogP contribution in [0.15, 0.2) is 54.6 Å². The van der Waals surface area contributed by atoms with Gasteiger partial charge in [-0.3, -0.25) is 14.4 Å². The summed E-state index contributed by atoms with van der Waals surface area (Å²) in [5.74, 6) is -0.573. The topological polar surface area (TPSA) is 83.7 Å². The van der Waals surface area contributed by atoms with Gasteiger partial charge in [0, 0.05) is 40.0 Å². The highest BCUT2D eigenvalue weighted by molar-refractivity contribution is 5.86. The zero-order chi connectivity index (χ0) is 22.4. The standard InChI is InChI=1S/C25H31N3O3/c1-27(2)24(31)25(14-7-15-28(18-25)23(30)13-12-22(26)29)17-19-8-6-11-21(16-19)20-9-4-3-5-10-20/h3-6,8-11,16H,7,12-15,17-18H2,1-2H3,(H2,26,29). The molecule has 0 radical (unpaired) electrons. The largest absolute Gasteiger partial charge is 0.370 e. The quantitative estimate of drug-likeness (QED) is 0.746. The predicted octanol–water partition coefficient (Wildman–Crippen LogP) is 2.86. The third-order valence-corrected chi connectivity index (χ3v) is 5.95. The van der Waals surface area contributed by atoms with Crippen molar-refractivity contribution >= 4 is 17.7 Å². The molecule has 1 atom stereocenters. The van der Waals surface area contributed by atoms with E-state index in [1.807, 2.05) is 30.3 Å². The minimum atomic E-state index is -0.681. The van der Waals surface area contributed by atoms with Crippen LogP contribution in [0.3, 0.4) is 0 Å². The molecule has 6 nitrogen and oxygen atoms in total. The van der Waals surface area contributed by atoms with Gasteiger partial charge in [0.1, 0.15) is 0 Å². The van der Waals surface area contributed by atoms with Crippen molar-refractivity contribution < 1.29 is 14.4 Å². The molecule has 31 heavy (non-hydrogen) atoms. The van der Waals surface area contributed by atoms with Crippen molar-refractivity contribution in [3.63, 3.8) is 0 Å². The number of nitrogens with two attached hydrogens (primary N) is 1. The fraction of sp³-hybridized carbons (Fsp3) is 0.400. The first-order valence-corrected chi connectivity index (χ1v) is 10.7. The molecular weight excluding hydrogens is 390 g/mol. The minimum Gasteiger partial charge on any atom is -0.370 e. The Kier molecular flexibility index (Phi) is 7.10. The number of hydrogen-bond acceptors (Lipinski definition) is 3.